The van der Waals surface area contributed by atoms with Crippen LogP contribution in [0.2, 0.25) is 0 Å². The van der Waals surface area contributed by atoms with E-state index in [-0.39, 0.29) is 12.5 Å². The first-order valence-corrected chi connectivity index (χ1v) is 12.6. The summed E-state index contributed by atoms with van der Waals surface area (Å²) in [5.41, 5.74) is 1.41. The van der Waals surface area contributed by atoms with Crippen LogP contribution in [-0.2, 0) is 26.0 Å². The highest BCUT2D eigenvalue weighted by Crippen LogP contribution is 2.21. The van der Waals surface area contributed by atoms with Crippen LogP contribution in [0.1, 0.15) is 19.4 Å². The van der Waals surface area contributed by atoms with Crippen LogP contribution in [0, 0.1) is 0 Å². The fraction of sp³-hybridized carbons (Fsp3) is 0.364. The third-order valence-electron chi connectivity index (χ3n) is 4.80. The van der Waals surface area contributed by atoms with E-state index in [0.717, 1.165) is 20.6 Å². The van der Waals surface area contributed by atoms with E-state index >= 15 is 0 Å². The zero-order chi connectivity index (χ0) is 23.0. The minimum absolute atomic E-state index is 0.279. The van der Waals surface area contributed by atoms with E-state index in [2.05, 4.69) is 21.2 Å². The summed E-state index contributed by atoms with van der Waals surface area (Å²) in [6.45, 7) is 3.80. The number of sulfonamides is 1. The van der Waals surface area contributed by atoms with Gasteiger partial charge in [0.1, 0.15) is 12.6 Å². The van der Waals surface area contributed by atoms with Crippen LogP contribution in [0.3, 0.4) is 0 Å². The Kier molecular flexibility index (Phi) is 9.06. The molecule has 2 rings (SSSR count). The van der Waals surface area contributed by atoms with Crippen molar-refractivity contribution in [3.05, 3.63) is 64.6 Å². The Morgan fingerprint density at radius 3 is 2.23 bits per heavy atom. The number of nitrogens with zero attached hydrogens (tertiary/aromatic N) is 2. The van der Waals surface area contributed by atoms with Crippen molar-refractivity contribution in [1.82, 2.24) is 10.2 Å². The van der Waals surface area contributed by atoms with E-state index in [1.165, 1.54) is 4.90 Å². The predicted octanol–water partition coefficient (Wildman–Crippen LogP) is 2.81. The molecule has 0 fully saturated rings. The standard InChI is InChI=1S/C22H28BrN3O4S/c1-4-24-22(28)17(2)25(15-14-18-8-6-5-7-9-18)21(27)16-26(31(3,29)30)20-12-10-19(23)11-13-20/h5-13,17H,4,14-16H2,1-3H3,(H,24,28)/t17-/m1/s1. The minimum atomic E-state index is -3.71. The van der Waals surface area contributed by atoms with E-state index in [4.69, 9.17) is 0 Å². The summed E-state index contributed by atoms with van der Waals surface area (Å²) in [6.07, 6.45) is 1.61. The summed E-state index contributed by atoms with van der Waals surface area (Å²) < 4.78 is 26.7. The normalized spacial score (nSPS) is 12.1. The molecule has 1 atom stereocenters. The maximum absolute atomic E-state index is 13.2. The summed E-state index contributed by atoms with van der Waals surface area (Å²) in [5, 5.41) is 2.73. The lowest BCUT2D eigenvalue weighted by Crippen LogP contribution is -2.52. The molecule has 1 N–H and O–H groups in total. The van der Waals surface area contributed by atoms with Gasteiger partial charge in [0.15, 0.2) is 0 Å². The molecule has 0 spiro atoms. The van der Waals surface area contributed by atoms with Crippen LogP contribution in [0.25, 0.3) is 0 Å². The van der Waals surface area contributed by atoms with Crippen molar-refractivity contribution in [2.24, 2.45) is 0 Å². The molecule has 0 radical (unpaired) electrons. The number of carbonyl (C=O) groups excluding carboxylic acids is 2. The molecule has 0 unspecified atom stereocenters. The Balaban J connectivity index is 2.28. The van der Waals surface area contributed by atoms with E-state index in [0.29, 0.717) is 25.2 Å². The van der Waals surface area contributed by atoms with Crippen molar-refractivity contribution in [2.75, 3.05) is 30.2 Å². The molecule has 0 saturated heterocycles. The third-order valence-corrected chi connectivity index (χ3v) is 6.47. The first kappa shape index (κ1) is 24.9. The van der Waals surface area contributed by atoms with Crippen molar-refractivity contribution in [3.8, 4) is 0 Å². The van der Waals surface area contributed by atoms with E-state index < -0.39 is 22.0 Å². The second-order valence-electron chi connectivity index (χ2n) is 7.14. The van der Waals surface area contributed by atoms with Gasteiger partial charge in [0.2, 0.25) is 21.8 Å². The van der Waals surface area contributed by atoms with Crippen LogP contribution in [0.4, 0.5) is 5.69 Å². The third kappa shape index (κ3) is 7.36. The summed E-state index contributed by atoms with van der Waals surface area (Å²) in [4.78, 5) is 27.1. The van der Waals surface area contributed by atoms with Gasteiger partial charge in [0, 0.05) is 17.6 Å². The van der Waals surface area contributed by atoms with Crippen LogP contribution >= 0.6 is 15.9 Å². The van der Waals surface area contributed by atoms with Gasteiger partial charge in [-0.3, -0.25) is 13.9 Å². The van der Waals surface area contributed by atoms with Crippen LogP contribution in [-0.4, -0.2) is 57.1 Å². The van der Waals surface area contributed by atoms with Gasteiger partial charge >= 0.3 is 0 Å². The Morgan fingerprint density at radius 2 is 1.68 bits per heavy atom. The fourth-order valence-electron chi connectivity index (χ4n) is 3.11. The second kappa shape index (κ2) is 11.3. The lowest BCUT2D eigenvalue weighted by atomic mass is 10.1. The molecule has 0 bridgehead atoms. The Morgan fingerprint density at radius 1 is 1.06 bits per heavy atom. The van der Waals surface area contributed by atoms with Gasteiger partial charge in [-0.05, 0) is 50.1 Å². The molecule has 0 aliphatic carbocycles. The molecule has 0 aliphatic heterocycles. The number of hydrogen-bond acceptors (Lipinski definition) is 4. The van der Waals surface area contributed by atoms with Crippen molar-refractivity contribution in [3.63, 3.8) is 0 Å². The largest absolute Gasteiger partial charge is 0.355 e. The number of amides is 2. The topological polar surface area (TPSA) is 86.8 Å². The van der Waals surface area contributed by atoms with Gasteiger partial charge in [0.05, 0.1) is 11.9 Å². The molecule has 2 aromatic carbocycles. The maximum Gasteiger partial charge on any atom is 0.244 e. The van der Waals surface area contributed by atoms with Crippen LogP contribution < -0.4 is 9.62 Å². The zero-order valence-corrected chi connectivity index (χ0v) is 20.3. The lowest BCUT2D eigenvalue weighted by Gasteiger charge is -2.31. The van der Waals surface area contributed by atoms with Crippen molar-refractivity contribution >= 4 is 43.5 Å². The van der Waals surface area contributed by atoms with Crippen molar-refractivity contribution < 1.29 is 18.0 Å². The number of hydrogen-bond donors (Lipinski definition) is 1. The number of anilines is 1. The lowest BCUT2D eigenvalue weighted by molar-refractivity contribution is -0.138. The average molecular weight is 510 g/mol. The van der Waals surface area contributed by atoms with Gasteiger partial charge < -0.3 is 10.2 Å². The summed E-state index contributed by atoms with van der Waals surface area (Å²) in [7, 11) is -3.71. The highest BCUT2D eigenvalue weighted by molar-refractivity contribution is 9.10. The molecule has 2 aromatic rings. The molecule has 0 heterocycles. The molecule has 0 saturated carbocycles. The van der Waals surface area contributed by atoms with E-state index in [1.807, 2.05) is 30.3 Å². The number of rotatable bonds is 10. The van der Waals surface area contributed by atoms with Crippen molar-refractivity contribution in [2.45, 2.75) is 26.3 Å². The SMILES string of the molecule is CCNC(=O)[C@@H](C)N(CCc1ccccc1)C(=O)CN(c1ccc(Br)cc1)S(C)(=O)=O. The minimum Gasteiger partial charge on any atom is -0.355 e. The molecule has 31 heavy (non-hydrogen) atoms. The summed E-state index contributed by atoms with van der Waals surface area (Å²) in [5.74, 6) is -0.721. The van der Waals surface area contributed by atoms with Crippen molar-refractivity contribution in [1.29, 1.82) is 0 Å². The molecular formula is C22H28BrN3O4S. The quantitative estimate of drug-likeness (QED) is 0.533. The Hall–Kier alpha value is -2.39. The first-order chi connectivity index (χ1) is 14.6. The molecule has 7 nitrogen and oxygen atoms in total. The second-order valence-corrected chi connectivity index (χ2v) is 9.96. The molecule has 2 amide bonds. The van der Waals surface area contributed by atoms with Gasteiger partial charge in [-0.25, -0.2) is 8.42 Å². The molecular weight excluding hydrogens is 482 g/mol. The predicted molar refractivity (Wildman–Crippen MR) is 126 cm³/mol. The molecule has 9 heteroatoms. The number of likely N-dealkylation sites (N-methyl/N-ethyl adjacent to an activating group) is 1. The Bertz CT molecular complexity index is 982. The number of carbonyl (C=O) groups is 2. The van der Waals surface area contributed by atoms with E-state index in [9.17, 15) is 18.0 Å². The van der Waals surface area contributed by atoms with Gasteiger partial charge in [-0.1, -0.05) is 46.3 Å². The van der Waals surface area contributed by atoms with E-state index in [1.54, 1.807) is 38.1 Å². The summed E-state index contributed by atoms with van der Waals surface area (Å²) in [6, 6.07) is 15.6. The number of benzene rings is 2. The van der Waals surface area contributed by atoms with Gasteiger partial charge in [0.25, 0.3) is 0 Å². The maximum atomic E-state index is 13.2. The average Bonchev–Trinajstić information content (AvgIpc) is 2.73. The van der Waals surface area contributed by atoms with Gasteiger partial charge in [-0.2, -0.15) is 0 Å². The Labute approximate surface area is 192 Å². The molecule has 0 aromatic heterocycles. The summed E-state index contributed by atoms with van der Waals surface area (Å²) >= 11 is 3.32. The number of halogens is 1. The fourth-order valence-corrected chi connectivity index (χ4v) is 4.23. The monoisotopic (exact) mass is 509 g/mol. The first-order valence-electron chi connectivity index (χ1n) is 9.98. The highest BCUT2D eigenvalue weighted by atomic mass is 79.9. The van der Waals surface area contributed by atoms with Gasteiger partial charge in [-0.15, -0.1) is 0 Å². The molecule has 0 aliphatic rings. The smallest absolute Gasteiger partial charge is 0.244 e. The van der Waals surface area contributed by atoms with Crippen LogP contribution in [0.5, 0.6) is 0 Å². The highest BCUT2D eigenvalue weighted by Gasteiger charge is 2.29. The zero-order valence-electron chi connectivity index (χ0n) is 17.9. The molecule has 168 valence electrons. The van der Waals surface area contributed by atoms with Crippen LogP contribution in [0.15, 0.2) is 59.1 Å². The number of nitrogens with one attached hydrogen (secondary N) is 1.